The van der Waals surface area contributed by atoms with Crippen molar-refractivity contribution in [2.75, 3.05) is 38.7 Å². The topological polar surface area (TPSA) is 102 Å². The molecule has 2 heterocycles. The van der Waals surface area contributed by atoms with E-state index >= 15 is 0 Å². The largest absolute Gasteiger partial charge is 0.495 e. The van der Waals surface area contributed by atoms with Gasteiger partial charge in [0, 0.05) is 25.9 Å². The Bertz CT molecular complexity index is 967. The van der Waals surface area contributed by atoms with E-state index in [0.717, 1.165) is 0 Å². The summed E-state index contributed by atoms with van der Waals surface area (Å²) in [5, 5.41) is 4.46. The van der Waals surface area contributed by atoms with Crippen LogP contribution in [0.4, 0.5) is 5.69 Å². The highest BCUT2D eigenvalue weighted by atomic mass is 32.2. The number of hydrogen-bond donors (Lipinski definition) is 1. The van der Waals surface area contributed by atoms with Crippen molar-refractivity contribution in [2.45, 2.75) is 17.7 Å². The predicted octanol–water partition coefficient (Wildman–Crippen LogP) is 2.38. The van der Waals surface area contributed by atoms with Gasteiger partial charge in [0.1, 0.15) is 5.75 Å². The Labute approximate surface area is 173 Å². The fourth-order valence-corrected chi connectivity index (χ4v) is 5.01. The maximum Gasteiger partial charge on any atom is 0.243 e. The summed E-state index contributed by atoms with van der Waals surface area (Å²) in [7, 11) is -2.27. The normalized spacial score (nSPS) is 15.1. The van der Waals surface area contributed by atoms with Gasteiger partial charge in [-0.05, 0) is 29.6 Å². The van der Waals surface area contributed by atoms with E-state index in [1.807, 2.05) is 0 Å². The highest BCUT2D eigenvalue weighted by Gasteiger charge is 2.27. The first-order valence-corrected chi connectivity index (χ1v) is 11.4. The summed E-state index contributed by atoms with van der Waals surface area (Å²) in [6.07, 6.45) is 0.0563. The summed E-state index contributed by atoms with van der Waals surface area (Å²) in [5.74, 6) is -0.163. The average Bonchev–Trinajstić information content (AvgIpc) is 3.27. The number of nitrogens with one attached hydrogen (secondary N) is 1. The van der Waals surface area contributed by atoms with Gasteiger partial charge in [-0.15, -0.1) is 11.3 Å². The van der Waals surface area contributed by atoms with Crippen molar-refractivity contribution in [3.05, 3.63) is 40.6 Å². The monoisotopic (exact) mass is 438 g/mol. The number of ketones is 1. The second-order valence-electron chi connectivity index (χ2n) is 6.33. The lowest BCUT2D eigenvalue weighted by atomic mass is 10.2. The molecule has 10 heteroatoms. The molecule has 1 aliphatic rings. The Hall–Kier alpha value is -2.27. The van der Waals surface area contributed by atoms with Crippen LogP contribution in [0.2, 0.25) is 0 Å². The van der Waals surface area contributed by atoms with Crippen LogP contribution in [-0.2, 0) is 19.6 Å². The number of anilines is 1. The Morgan fingerprint density at radius 3 is 2.62 bits per heavy atom. The molecule has 0 saturated carbocycles. The van der Waals surface area contributed by atoms with Crippen LogP contribution in [0, 0.1) is 0 Å². The maximum atomic E-state index is 12.8. The molecular formula is C19H22N2O6S2. The standard InChI is InChI=1S/C19H22N2O6S2/c1-26-17-6-4-14(29(24,25)21-8-10-27-11-9-21)13-15(17)20-19(23)7-5-16(22)18-3-2-12-28-18/h2-4,6,12-13H,5,7-11H2,1H3,(H,20,23). The quantitative estimate of drug-likeness (QED) is 0.635. The molecule has 29 heavy (non-hydrogen) atoms. The zero-order valence-electron chi connectivity index (χ0n) is 15.9. The molecule has 0 bridgehead atoms. The number of rotatable bonds is 8. The van der Waals surface area contributed by atoms with Gasteiger partial charge in [0.05, 0.1) is 35.8 Å². The van der Waals surface area contributed by atoms with Crippen LogP contribution in [0.25, 0.3) is 0 Å². The second-order valence-corrected chi connectivity index (χ2v) is 9.21. The van der Waals surface area contributed by atoms with E-state index in [9.17, 15) is 18.0 Å². The van der Waals surface area contributed by atoms with E-state index in [4.69, 9.17) is 9.47 Å². The number of nitrogens with zero attached hydrogens (tertiary/aromatic N) is 1. The number of methoxy groups -OCH3 is 1. The number of carbonyl (C=O) groups excluding carboxylic acids is 2. The number of sulfonamides is 1. The molecule has 0 atom stereocenters. The SMILES string of the molecule is COc1ccc(S(=O)(=O)N2CCOCC2)cc1NC(=O)CCC(=O)c1cccs1. The van der Waals surface area contributed by atoms with Crippen molar-refractivity contribution in [1.29, 1.82) is 0 Å². The third-order valence-electron chi connectivity index (χ3n) is 4.43. The first kappa shape index (κ1) is 21.4. The van der Waals surface area contributed by atoms with Gasteiger partial charge in [0.15, 0.2) is 5.78 Å². The zero-order chi connectivity index (χ0) is 20.9. The van der Waals surface area contributed by atoms with Crippen LogP contribution in [0.5, 0.6) is 5.75 Å². The Kier molecular flexibility index (Phi) is 7.01. The summed E-state index contributed by atoms with van der Waals surface area (Å²) in [5.41, 5.74) is 0.246. The highest BCUT2D eigenvalue weighted by molar-refractivity contribution is 7.89. The van der Waals surface area contributed by atoms with Crippen molar-refractivity contribution in [2.24, 2.45) is 0 Å². The fraction of sp³-hybridized carbons (Fsp3) is 0.368. The number of hydrogen-bond acceptors (Lipinski definition) is 7. The third kappa shape index (κ3) is 5.21. The minimum Gasteiger partial charge on any atom is -0.495 e. The van der Waals surface area contributed by atoms with Crippen molar-refractivity contribution in [3.63, 3.8) is 0 Å². The number of Topliss-reactive ketones (excluding diaryl/α,β-unsaturated/α-hetero) is 1. The van der Waals surface area contributed by atoms with Crippen LogP contribution in [0.1, 0.15) is 22.5 Å². The van der Waals surface area contributed by atoms with Crippen LogP contribution >= 0.6 is 11.3 Å². The molecule has 3 rings (SSSR count). The molecule has 1 aromatic carbocycles. The first-order chi connectivity index (χ1) is 13.9. The van der Waals surface area contributed by atoms with Gasteiger partial charge in [0.2, 0.25) is 15.9 Å². The molecule has 156 valence electrons. The Morgan fingerprint density at radius 2 is 1.97 bits per heavy atom. The predicted molar refractivity (Wildman–Crippen MR) is 109 cm³/mol. The molecule has 1 aliphatic heterocycles. The lowest BCUT2D eigenvalue weighted by molar-refractivity contribution is -0.116. The molecule has 1 amide bonds. The van der Waals surface area contributed by atoms with E-state index in [1.54, 1.807) is 17.5 Å². The van der Waals surface area contributed by atoms with Gasteiger partial charge >= 0.3 is 0 Å². The number of ether oxygens (including phenoxy) is 2. The molecule has 0 aliphatic carbocycles. The smallest absolute Gasteiger partial charge is 0.243 e. The van der Waals surface area contributed by atoms with E-state index in [1.165, 1.54) is 41.0 Å². The number of thiophene rings is 1. The van der Waals surface area contributed by atoms with E-state index in [-0.39, 0.29) is 42.3 Å². The van der Waals surface area contributed by atoms with Crippen LogP contribution in [-0.4, -0.2) is 57.8 Å². The van der Waals surface area contributed by atoms with E-state index in [0.29, 0.717) is 23.8 Å². The summed E-state index contributed by atoms with van der Waals surface area (Å²) >= 11 is 1.33. The Balaban J connectivity index is 1.71. The highest BCUT2D eigenvalue weighted by Crippen LogP contribution is 2.29. The van der Waals surface area contributed by atoms with Gasteiger partial charge in [-0.2, -0.15) is 4.31 Å². The number of morpholine rings is 1. The molecule has 1 aromatic heterocycles. The van der Waals surface area contributed by atoms with Gasteiger partial charge in [-0.1, -0.05) is 6.07 Å². The fourth-order valence-electron chi connectivity index (χ4n) is 2.88. The molecule has 0 unspecified atom stereocenters. The molecule has 0 radical (unpaired) electrons. The van der Waals surface area contributed by atoms with Gasteiger partial charge in [-0.25, -0.2) is 8.42 Å². The summed E-state index contributed by atoms with van der Waals surface area (Å²) in [6.45, 7) is 1.25. The zero-order valence-corrected chi connectivity index (χ0v) is 17.6. The van der Waals surface area contributed by atoms with Crippen molar-refractivity contribution < 1.29 is 27.5 Å². The van der Waals surface area contributed by atoms with E-state index < -0.39 is 15.9 Å². The van der Waals surface area contributed by atoms with Gasteiger partial charge in [0.25, 0.3) is 0 Å². The Morgan fingerprint density at radius 1 is 1.21 bits per heavy atom. The first-order valence-electron chi connectivity index (χ1n) is 9.04. The summed E-state index contributed by atoms with van der Waals surface area (Å²) in [6, 6.07) is 7.82. The van der Waals surface area contributed by atoms with E-state index in [2.05, 4.69) is 5.32 Å². The molecule has 1 N–H and O–H groups in total. The molecular weight excluding hydrogens is 416 g/mol. The lowest BCUT2D eigenvalue weighted by Crippen LogP contribution is -2.40. The van der Waals surface area contributed by atoms with Gasteiger partial charge in [-0.3, -0.25) is 9.59 Å². The second kappa shape index (κ2) is 9.49. The minimum atomic E-state index is -3.71. The van der Waals surface area contributed by atoms with Crippen LogP contribution in [0.3, 0.4) is 0 Å². The number of amides is 1. The van der Waals surface area contributed by atoms with Crippen LogP contribution in [0.15, 0.2) is 40.6 Å². The lowest BCUT2D eigenvalue weighted by Gasteiger charge is -2.26. The molecule has 0 spiro atoms. The minimum absolute atomic E-state index is 0.0136. The average molecular weight is 439 g/mol. The molecule has 8 nitrogen and oxygen atoms in total. The van der Waals surface area contributed by atoms with Crippen molar-refractivity contribution in [1.82, 2.24) is 4.31 Å². The molecule has 1 saturated heterocycles. The molecule has 1 fully saturated rings. The number of benzene rings is 1. The van der Waals surface area contributed by atoms with Crippen LogP contribution < -0.4 is 10.1 Å². The van der Waals surface area contributed by atoms with Crippen molar-refractivity contribution in [3.8, 4) is 5.75 Å². The van der Waals surface area contributed by atoms with Crippen molar-refractivity contribution >= 4 is 38.7 Å². The molecule has 2 aromatic rings. The third-order valence-corrected chi connectivity index (χ3v) is 7.23. The summed E-state index contributed by atoms with van der Waals surface area (Å²) < 4.78 is 37.5. The maximum absolute atomic E-state index is 12.8. The van der Waals surface area contributed by atoms with Gasteiger partial charge < -0.3 is 14.8 Å². The number of carbonyl (C=O) groups is 2. The summed E-state index contributed by atoms with van der Waals surface area (Å²) in [4.78, 5) is 25.0.